The minimum absolute atomic E-state index is 0.0335. The van der Waals surface area contributed by atoms with E-state index in [1.54, 1.807) is 13.0 Å². The number of benzene rings is 3. The fraction of sp³-hybridized carbons (Fsp3) is 0.185. The molecule has 1 heterocycles. The van der Waals surface area contributed by atoms with Gasteiger partial charge in [0.2, 0.25) is 5.75 Å². The smallest absolute Gasteiger partial charge is 0.364 e. The summed E-state index contributed by atoms with van der Waals surface area (Å²) in [7, 11) is 4.32. The summed E-state index contributed by atoms with van der Waals surface area (Å²) in [6, 6.07) is 15.3. The van der Waals surface area contributed by atoms with Crippen molar-refractivity contribution in [3.05, 3.63) is 81.7 Å². The van der Waals surface area contributed by atoms with Crippen LogP contribution < -0.4 is 29.9 Å². The van der Waals surface area contributed by atoms with Crippen molar-refractivity contribution in [1.29, 1.82) is 0 Å². The number of aromatic hydroxyl groups is 1. The molecule has 0 atom stereocenters. The van der Waals surface area contributed by atoms with Crippen LogP contribution in [0.4, 0.5) is 5.69 Å². The van der Waals surface area contributed by atoms with Crippen LogP contribution in [-0.4, -0.2) is 32.3 Å². The molecule has 0 fully saturated rings. The van der Waals surface area contributed by atoms with Gasteiger partial charge in [0.15, 0.2) is 22.9 Å². The number of amides is 1. The highest BCUT2D eigenvalue weighted by Crippen LogP contribution is 2.39. The molecule has 3 aromatic carbocycles. The Morgan fingerprint density at radius 3 is 2.22 bits per heavy atom. The van der Waals surface area contributed by atoms with E-state index >= 15 is 0 Å². The van der Waals surface area contributed by atoms with Gasteiger partial charge in [-0.25, -0.2) is 4.79 Å². The number of methoxy groups -OCH3 is 3. The summed E-state index contributed by atoms with van der Waals surface area (Å²) < 4.78 is 27.5. The van der Waals surface area contributed by atoms with Crippen LogP contribution in [0.25, 0.3) is 11.0 Å². The number of fused-ring (bicyclic) bond motifs is 1. The van der Waals surface area contributed by atoms with E-state index in [0.29, 0.717) is 16.7 Å². The number of ether oxygens (including phenoxy) is 4. The van der Waals surface area contributed by atoms with Crippen LogP contribution in [-0.2, 0) is 6.61 Å². The normalized spacial score (nSPS) is 10.7. The fourth-order valence-corrected chi connectivity index (χ4v) is 3.75. The molecule has 9 nitrogen and oxygen atoms in total. The second-order valence-corrected chi connectivity index (χ2v) is 7.82. The summed E-state index contributed by atoms with van der Waals surface area (Å²) >= 11 is 0. The lowest BCUT2D eigenvalue weighted by Gasteiger charge is -2.16. The van der Waals surface area contributed by atoms with E-state index in [1.165, 1.54) is 39.5 Å². The quantitative estimate of drug-likeness (QED) is 0.342. The van der Waals surface area contributed by atoms with Crippen molar-refractivity contribution >= 4 is 22.6 Å². The molecule has 0 saturated heterocycles. The van der Waals surface area contributed by atoms with E-state index in [1.807, 2.05) is 30.3 Å². The van der Waals surface area contributed by atoms with Gasteiger partial charge in [-0.15, -0.1) is 0 Å². The molecule has 4 aromatic rings. The van der Waals surface area contributed by atoms with Crippen LogP contribution in [0.3, 0.4) is 0 Å². The van der Waals surface area contributed by atoms with E-state index < -0.39 is 11.5 Å². The molecule has 1 amide bonds. The largest absolute Gasteiger partial charge is 0.508 e. The minimum Gasteiger partial charge on any atom is -0.508 e. The number of carbonyl (C=O) groups excluding carboxylic acids is 1. The van der Waals surface area contributed by atoms with Crippen molar-refractivity contribution in [3.63, 3.8) is 0 Å². The maximum Gasteiger partial charge on any atom is 0.364 e. The molecule has 0 aliphatic rings. The number of aryl methyl sites for hydroxylation is 1. The van der Waals surface area contributed by atoms with Crippen molar-refractivity contribution in [3.8, 4) is 28.7 Å². The summed E-state index contributed by atoms with van der Waals surface area (Å²) in [5, 5.41) is 13.1. The van der Waals surface area contributed by atoms with Gasteiger partial charge in [-0.1, -0.05) is 30.3 Å². The third kappa shape index (κ3) is 4.63. The lowest BCUT2D eigenvalue weighted by molar-refractivity contribution is 0.102. The molecule has 36 heavy (non-hydrogen) atoms. The van der Waals surface area contributed by atoms with Gasteiger partial charge in [-0.05, 0) is 36.8 Å². The predicted molar refractivity (Wildman–Crippen MR) is 134 cm³/mol. The number of phenols is 1. The lowest BCUT2D eigenvalue weighted by atomic mass is 10.1. The van der Waals surface area contributed by atoms with Gasteiger partial charge >= 0.3 is 5.63 Å². The number of phenolic OH excluding ortho intramolecular Hbond substituents is 1. The standard InChI is InChI=1S/C27H25NO8/c1-15-19(29)11-10-18-23(15)36-27(31)22(24(18)35-14-16-8-6-5-7-9-16)28-26(30)17-12-20(32-2)25(34-4)21(13-17)33-3/h5-13,29H,14H2,1-4H3,(H,28,30). The second-order valence-electron chi connectivity index (χ2n) is 7.82. The molecule has 1 aromatic heterocycles. The molecule has 0 unspecified atom stereocenters. The molecule has 0 aliphatic carbocycles. The van der Waals surface area contributed by atoms with Crippen LogP contribution in [0.5, 0.6) is 28.7 Å². The van der Waals surface area contributed by atoms with Gasteiger partial charge in [0.05, 0.1) is 26.7 Å². The van der Waals surface area contributed by atoms with Gasteiger partial charge < -0.3 is 33.8 Å². The second kappa shape index (κ2) is 10.3. The Morgan fingerprint density at radius 1 is 0.944 bits per heavy atom. The molecule has 0 aliphatic heterocycles. The minimum atomic E-state index is -0.833. The van der Waals surface area contributed by atoms with Crippen LogP contribution in [0, 0.1) is 6.92 Å². The van der Waals surface area contributed by atoms with Crippen molar-refractivity contribution in [2.45, 2.75) is 13.5 Å². The molecule has 0 bridgehead atoms. The first-order valence-corrected chi connectivity index (χ1v) is 10.9. The van der Waals surface area contributed by atoms with E-state index in [2.05, 4.69) is 5.32 Å². The topological polar surface area (TPSA) is 116 Å². The maximum absolute atomic E-state index is 13.2. The Kier molecular flexibility index (Phi) is 7.00. The number of nitrogens with one attached hydrogen (secondary N) is 1. The van der Waals surface area contributed by atoms with Crippen LogP contribution >= 0.6 is 0 Å². The van der Waals surface area contributed by atoms with Crippen LogP contribution in [0.1, 0.15) is 21.5 Å². The molecule has 4 rings (SSSR count). The highest BCUT2D eigenvalue weighted by atomic mass is 16.5. The van der Waals surface area contributed by atoms with Gasteiger partial charge in [0, 0.05) is 11.1 Å². The zero-order chi connectivity index (χ0) is 25.8. The van der Waals surface area contributed by atoms with E-state index in [-0.39, 0.29) is 46.4 Å². The highest BCUT2D eigenvalue weighted by Gasteiger charge is 2.23. The first-order chi connectivity index (χ1) is 17.4. The Morgan fingerprint density at radius 2 is 1.61 bits per heavy atom. The molecular weight excluding hydrogens is 466 g/mol. The molecule has 186 valence electrons. The lowest BCUT2D eigenvalue weighted by Crippen LogP contribution is -2.20. The predicted octanol–water partition coefficient (Wildman–Crippen LogP) is 4.66. The van der Waals surface area contributed by atoms with Crippen molar-refractivity contribution in [2.24, 2.45) is 0 Å². The third-order valence-electron chi connectivity index (χ3n) is 5.64. The van der Waals surface area contributed by atoms with Crippen molar-refractivity contribution in [1.82, 2.24) is 0 Å². The Bertz CT molecular complexity index is 1450. The van der Waals surface area contributed by atoms with Gasteiger partial charge in [0.25, 0.3) is 5.91 Å². The maximum atomic E-state index is 13.2. The molecule has 0 radical (unpaired) electrons. The highest BCUT2D eigenvalue weighted by molar-refractivity contribution is 6.07. The first kappa shape index (κ1) is 24.5. The van der Waals surface area contributed by atoms with Crippen LogP contribution in [0.15, 0.2) is 63.8 Å². The molecular formula is C27H25NO8. The molecule has 0 saturated carbocycles. The SMILES string of the molecule is COc1cc(C(=O)Nc2c(OCc3ccccc3)c3ccc(O)c(C)c3oc2=O)cc(OC)c1OC. The number of hydrogen-bond donors (Lipinski definition) is 2. The summed E-state index contributed by atoms with van der Waals surface area (Å²) in [5.74, 6) is 0.339. The van der Waals surface area contributed by atoms with Crippen molar-refractivity contribution in [2.75, 3.05) is 26.6 Å². The third-order valence-corrected chi connectivity index (χ3v) is 5.64. The summed E-state index contributed by atoms with van der Waals surface area (Å²) in [6.07, 6.45) is 0. The summed E-state index contributed by atoms with van der Waals surface area (Å²) in [6.45, 7) is 1.75. The average molecular weight is 491 g/mol. The zero-order valence-corrected chi connectivity index (χ0v) is 20.2. The van der Waals surface area contributed by atoms with E-state index in [9.17, 15) is 14.7 Å². The molecule has 0 spiro atoms. The van der Waals surface area contributed by atoms with Gasteiger partial charge in [-0.3, -0.25) is 4.79 Å². The monoisotopic (exact) mass is 491 g/mol. The van der Waals surface area contributed by atoms with Crippen LogP contribution in [0.2, 0.25) is 0 Å². The zero-order valence-electron chi connectivity index (χ0n) is 20.2. The van der Waals surface area contributed by atoms with E-state index in [0.717, 1.165) is 5.56 Å². The number of rotatable bonds is 8. The van der Waals surface area contributed by atoms with Crippen molar-refractivity contribution < 1.29 is 33.3 Å². The molecule has 2 N–H and O–H groups in total. The van der Waals surface area contributed by atoms with E-state index in [4.69, 9.17) is 23.4 Å². The Labute approximate surface area is 206 Å². The number of carbonyl (C=O) groups is 1. The Balaban J connectivity index is 1.80. The Hall–Kier alpha value is -4.66. The molecule has 9 heteroatoms. The number of hydrogen-bond acceptors (Lipinski definition) is 8. The first-order valence-electron chi connectivity index (χ1n) is 10.9. The summed E-state index contributed by atoms with van der Waals surface area (Å²) in [5.41, 5.74) is 0.532. The fourth-order valence-electron chi connectivity index (χ4n) is 3.75. The average Bonchev–Trinajstić information content (AvgIpc) is 2.90. The van der Waals surface area contributed by atoms with Gasteiger partial charge in [-0.2, -0.15) is 0 Å². The number of anilines is 1. The summed E-state index contributed by atoms with van der Waals surface area (Å²) in [4.78, 5) is 26.3. The van der Waals surface area contributed by atoms with Gasteiger partial charge in [0.1, 0.15) is 17.9 Å².